The number of nitrogens with two attached hydrogens (primary N) is 1. The van der Waals surface area contributed by atoms with E-state index in [4.69, 9.17) is 17.3 Å². The number of nitrogen functional groups attached to an aromatic ring is 1. The Hall–Kier alpha value is -3.69. The maximum Gasteiger partial charge on any atom is 0.264 e. The van der Waals surface area contributed by atoms with Gasteiger partial charge in [0.2, 0.25) is 0 Å². The molecule has 0 saturated heterocycles. The molecule has 0 saturated carbocycles. The molecule has 0 aliphatic carbocycles. The average Bonchev–Trinajstić information content (AvgIpc) is 3.13. The minimum absolute atomic E-state index is 0.0567. The predicted octanol–water partition coefficient (Wildman–Crippen LogP) is 6.05. The van der Waals surface area contributed by atoms with E-state index in [2.05, 4.69) is 15.3 Å². The third-order valence-corrected chi connectivity index (χ3v) is 7.38. The fourth-order valence-electron chi connectivity index (χ4n) is 3.47. The third-order valence-electron chi connectivity index (χ3n) is 5.16. The zero-order valence-corrected chi connectivity index (χ0v) is 20.2. The summed E-state index contributed by atoms with van der Waals surface area (Å²) in [5.74, 6) is 0.314. The molecule has 4 rings (SSSR count). The second-order valence-electron chi connectivity index (χ2n) is 7.39. The summed E-state index contributed by atoms with van der Waals surface area (Å²) in [6.07, 6.45) is 0. The molecule has 2 N–H and O–H groups in total. The lowest BCUT2D eigenvalue weighted by atomic mass is 10.3. The molecule has 0 fully saturated rings. The van der Waals surface area contributed by atoms with Crippen molar-refractivity contribution in [3.05, 3.63) is 89.6 Å². The number of aryl methyl sites for hydroxylation is 1. The molecule has 3 aromatic carbocycles. The molecule has 0 atom stereocenters. The van der Waals surface area contributed by atoms with Crippen LogP contribution in [0.4, 0.5) is 22.9 Å². The van der Waals surface area contributed by atoms with Gasteiger partial charge in [-0.25, -0.2) is 13.1 Å². The Morgan fingerprint density at radius 2 is 1.65 bits per heavy atom. The zero-order valence-electron chi connectivity index (χ0n) is 18.6. The van der Waals surface area contributed by atoms with Crippen molar-refractivity contribution in [2.45, 2.75) is 18.7 Å². The lowest BCUT2D eigenvalue weighted by molar-refractivity contribution is 0.592. The Morgan fingerprint density at radius 3 is 2.29 bits per heavy atom. The molecule has 1 aromatic heterocycles. The number of aromatic nitrogens is 2. The summed E-state index contributed by atoms with van der Waals surface area (Å²) in [5, 5.41) is 13.2. The van der Waals surface area contributed by atoms with E-state index in [1.807, 2.05) is 36.4 Å². The number of para-hydroxylation sites is 2. The van der Waals surface area contributed by atoms with Crippen LogP contribution < -0.4 is 10.0 Å². The summed E-state index contributed by atoms with van der Waals surface area (Å²) in [6.45, 7) is 3.81. The van der Waals surface area contributed by atoms with Crippen LogP contribution in [0.5, 0.6) is 0 Å². The van der Waals surface area contributed by atoms with Crippen molar-refractivity contribution >= 4 is 44.5 Å². The van der Waals surface area contributed by atoms with E-state index in [0.717, 1.165) is 5.69 Å². The van der Waals surface area contributed by atoms with Gasteiger partial charge in [0.1, 0.15) is 5.69 Å². The minimum atomic E-state index is -3.84. The van der Waals surface area contributed by atoms with Gasteiger partial charge in [0.25, 0.3) is 10.0 Å². The van der Waals surface area contributed by atoms with Gasteiger partial charge in [-0.15, -0.1) is 10.2 Å². The maximum absolute atomic E-state index is 13.3. The highest BCUT2D eigenvalue weighted by atomic mass is 35.5. The number of hydrogen-bond acceptors (Lipinski definition) is 6. The van der Waals surface area contributed by atoms with Gasteiger partial charge in [-0.3, -0.25) is 4.31 Å². The molecule has 34 heavy (non-hydrogen) atoms. The summed E-state index contributed by atoms with van der Waals surface area (Å²) >= 11 is 6.31. The fraction of sp³-hybridized carbons (Fsp3) is 0.125. The van der Waals surface area contributed by atoms with Crippen molar-refractivity contribution in [1.82, 2.24) is 9.78 Å². The highest BCUT2D eigenvalue weighted by Crippen LogP contribution is 2.34. The van der Waals surface area contributed by atoms with E-state index in [0.29, 0.717) is 22.9 Å². The highest BCUT2D eigenvalue weighted by Gasteiger charge is 2.24. The summed E-state index contributed by atoms with van der Waals surface area (Å²) < 4.78 is 29.6. The van der Waals surface area contributed by atoms with Gasteiger partial charge in [0.15, 0.2) is 11.5 Å². The van der Waals surface area contributed by atoms with Crippen molar-refractivity contribution in [2.75, 3.05) is 16.6 Å². The number of rotatable bonds is 7. The molecule has 10 heteroatoms. The topological polar surface area (TPSA) is 106 Å². The van der Waals surface area contributed by atoms with Gasteiger partial charge < -0.3 is 5.73 Å². The second kappa shape index (κ2) is 9.66. The second-order valence-corrected chi connectivity index (χ2v) is 9.65. The summed E-state index contributed by atoms with van der Waals surface area (Å²) in [6, 6.07) is 22.7. The van der Waals surface area contributed by atoms with Gasteiger partial charge in [0.05, 0.1) is 27.0 Å². The number of nitrogens with zero attached hydrogens (tertiary/aromatic N) is 5. The number of anilines is 2. The Bertz CT molecular complexity index is 1440. The predicted molar refractivity (Wildman–Crippen MR) is 135 cm³/mol. The first kappa shape index (κ1) is 23.5. The molecule has 0 spiro atoms. The molecule has 4 aromatic rings. The van der Waals surface area contributed by atoms with Crippen LogP contribution >= 0.6 is 11.6 Å². The summed E-state index contributed by atoms with van der Waals surface area (Å²) in [7, 11) is -3.84. The van der Waals surface area contributed by atoms with Crippen LogP contribution in [0.15, 0.2) is 94.0 Å². The molecule has 8 nitrogen and oxygen atoms in total. The van der Waals surface area contributed by atoms with E-state index in [9.17, 15) is 8.42 Å². The van der Waals surface area contributed by atoms with Gasteiger partial charge in [-0.1, -0.05) is 48.0 Å². The van der Waals surface area contributed by atoms with E-state index in [1.165, 1.54) is 22.5 Å². The number of halogens is 1. The molecule has 0 aliphatic heterocycles. The molecule has 0 radical (unpaired) electrons. The number of hydrogen-bond donors (Lipinski definition) is 1. The van der Waals surface area contributed by atoms with Crippen molar-refractivity contribution in [1.29, 1.82) is 0 Å². The van der Waals surface area contributed by atoms with Crippen LogP contribution in [0.2, 0.25) is 5.02 Å². The van der Waals surface area contributed by atoms with Gasteiger partial charge >= 0.3 is 0 Å². The molecular weight excluding hydrogens is 472 g/mol. The smallest absolute Gasteiger partial charge is 0.264 e. The van der Waals surface area contributed by atoms with E-state index >= 15 is 0 Å². The summed E-state index contributed by atoms with van der Waals surface area (Å²) in [5.41, 5.74) is 8.79. The number of azo groups is 1. The third kappa shape index (κ3) is 4.52. The summed E-state index contributed by atoms with van der Waals surface area (Å²) in [4.78, 5) is 0.0567. The maximum atomic E-state index is 13.3. The fourth-order valence-corrected chi connectivity index (χ4v) is 5.12. The zero-order chi connectivity index (χ0) is 24.3. The van der Waals surface area contributed by atoms with Gasteiger partial charge in [-0.05, 0) is 56.3 Å². The van der Waals surface area contributed by atoms with Crippen molar-refractivity contribution in [3.8, 4) is 5.69 Å². The number of benzene rings is 3. The van der Waals surface area contributed by atoms with Crippen molar-refractivity contribution < 1.29 is 8.42 Å². The Kier molecular flexibility index (Phi) is 6.67. The quantitative estimate of drug-likeness (QED) is 0.316. The number of sulfonamides is 1. The Labute approximate surface area is 203 Å². The molecular formula is C24H23ClN6O2S. The highest BCUT2D eigenvalue weighted by molar-refractivity contribution is 7.92. The molecule has 0 amide bonds. The van der Waals surface area contributed by atoms with E-state index in [-0.39, 0.29) is 22.2 Å². The largest absolute Gasteiger partial charge is 0.382 e. The Balaban J connectivity index is 1.70. The lowest BCUT2D eigenvalue weighted by Crippen LogP contribution is -2.30. The van der Waals surface area contributed by atoms with Crippen LogP contribution in [0, 0.1) is 6.92 Å². The normalized spacial score (nSPS) is 11.7. The Morgan fingerprint density at radius 1 is 1.00 bits per heavy atom. The van der Waals surface area contributed by atoms with Crippen LogP contribution in [0.3, 0.4) is 0 Å². The molecule has 174 valence electrons. The SMILES string of the molecule is CCN(c1ccccc1)S(=O)(=O)c1ccc(Cl)c(N=Nc2c(C)nn(-c3ccccc3)c2N)c1. The van der Waals surface area contributed by atoms with Crippen molar-refractivity contribution in [3.63, 3.8) is 0 Å². The van der Waals surface area contributed by atoms with Gasteiger partial charge in [-0.2, -0.15) is 5.10 Å². The van der Waals surface area contributed by atoms with Crippen LogP contribution in [0.25, 0.3) is 5.69 Å². The standard InChI is InChI=1S/C24H23ClN6O2S/c1-3-30(18-10-6-4-7-11-18)34(32,33)20-14-15-21(25)22(16-20)27-28-23-17(2)29-31(24(23)26)19-12-8-5-9-13-19/h4-16H,3,26H2,1-2H3. The lowest BCUT2D eigenvalue weighted by Gasteiger charge is -2.23. The van der Waals surface area contributed by atoms with E-state index < -0.39 is 10.0 Å². The van der Waals surface area contributed by atoms with E-state index in [1.54, 1.807) is 42.8 Å². The molecule has 0 aliphatic rings. The average molecular weight is 495 g/mol. The van der Waals surface area contributed by atoms with Crippen LogP contribution in [-0.2, 0) is 10.0 Å². The van der Waals surface area contributed by atoms with Gasteiger partial charge in [0, 0.05) is 6.54 Å². The first-order valence-corrected chi connectivity index (χ1v) is 12.3. The molecule has 1 heterocycles. The minimum Gasteiger partial charge on any atom is -0.382 e. The monoisotopic (exact) mass is 494 g/mol. The van der Waals surface area contributed by atoms with Crippen LogP contribution in [0.1, 0.15) is 12.6 Å². The van der Waals surface area contributed by atoms with Crippen molar-refractivity contribution in [2.24, 2.45) is 10.2 Å². The molecule has 0 unspecified atom stereocenters. The molecule has 0 bridgehead atoms. The van der Waals surface area contributed by atoms with Crippen LogP contribution in [-0.4, -0.2) is 24.7 Å². The first-order chi connectivity index (χ1) is 16.3. The first-order valence-electron chi connectivity index (χ1n) is 10.5.